The molecule has 9 heteroatoms. The highest BCUT2D eigenvalue weighted by atomic mass is 19.1. The molecule has 0 bridgehead atoms. The molecule has 0 aliphatic rings. The highest BCUT2D eigenvalue weighted by Crippen LogP contribution is 2.16. The molecule has 0 radical (unpaired) electrons. The number of fused-ring (bicyclic) bond motifs is 1. The van der Waals surface area contributed by atoms with Gasteiger partial charge in [-0.25, -0.2) is 9.07 Å². The number of non-ortho nitro benzene ring substituents is 1. The molecule has 0 aliphatic carbocycles. The number of aromatic amines is 2. The number of nitro groups is 1. The normalized spacial score (nSPS) is 11.1. The summed E-state index contributed by atoms with van der Waals surface area (Å²) >= 11 is 0. The molecular formula is C20H15FN4O4. The summed E-state index contributed by atoms with van der Waals surface area (Å²) < 4.78 is 14.3. The molecule has 0 aliphatic heterocycles. The van der Waals surface area contributed by atoms with Crippen LogP contribution in [0.15, 0.2) is 58.1 Å². The molecular weight excluding hydrogens is 379 g/mol. The molecule has 0 spiro atoms. The molecule has 2 aromatic carbocycles. The predicted octanol–water partition coefficient (Wildman–Crippen LogP) is 2.95. The number of benzene rings is 2. The number of nitro benzene ring substituents is 1. The van der Waals surface area contributed by atoms with E-state index in [0.717, 1.165) is 0 Å². The summed E-state index contributed by atoms with van der Waals surface area (Å²) in [6.07, 6.45) is 0.219. The number of pyridine rings is 1. The van der Waals surface area contributed by atoms with Gasteiger partial charge in [0.05, 0.1) is 10.6 Å². The Morgan fingerprint density at radius 3 is 2.34 bits per heavy atom. The van der Waals surface area contributed by atoms with Crippen molar-refractivity contribution >= 4 is 16.7 Å². The zero-order valence-electron chi connectivity index (χ0n) is 15.2. The van der Waals surface area contributed by atoms with Crippen LogP contribution in [0, 0.1) is 22.9 Å². The predicted molar refractivity (Wildman–Crippen MR) is 105 cm³/mol. The first kappa shape index (κ1) is 18.4. The molecule has 0 saturated heterocycles. The van der Waals surface area contributed by atoms with Crippen LogP contribution >= 0.6 is 0 Å². The molecule has 0 saturated carbocycles. The number of aryl methyl sites for hydroxylation is 1. The van der Waals surface area contributed by atoms with Gasteiger partial charge < -0.3 is 4.98 Å². The van der Waals surface area contributed by atoms with E-state index >= 15 is 0 Å². The zero-order chi connectivity index (χ0) is 20.7. The van der Waals surface area contributed by atoms with Gasteiger partial charge in [-0.1, -0.05) is 12.1 Å². The number of nitrogens with zero attached hydrogens (tertiary/aromatic N) is 2. The van der Waals surface area contributed by atoms with E-state index in [-0.39, 0.29) is 23.1 Å². The van der Waals surface area contributed by atoms with Gasteiger partial charge in [0.2, 0.25) is 0 Å². The standard InChI is InChI=1S/C20H15FN4O4/c1-11-16(10-12-2-6-15(7-3-12)25(28)29)18(26)17-19(22-11)23-24(20(17)27)14-8-4-13(21)5-9-14/h2-9H,10H2,1H3,(H2,22,23,26). The fraction of sp³-hybridized carbons (Fsp3) is 0.100. The lowest BCUT2D eigenvalue weighted by Gasteiger charge is -2.05. The van der Waals surface area contributed by atoms with Crippen LogP contribution in [0.3, 0.4) is 0 Å². The molecule has 4 rings (SSSR count). The van der Waals surface area contributed by atoms with Gasteiger partial charge >= 0.3 is 0 Å². The van der Waals surface area contributed by atoms with Crippen molar-refractivity contribution in [3.63, 3.8) is 0 Å². The van der Waals surface area contributed by atoms with Gasteiger partial charge in [-0.15, -0.1) is 0 Å². The summed E-state index contributed by atoms with van der Waals surface area (Å²) in [7, 11) is 0. The van der Waals surface area contributed by atoms with Crippen LogP contribution in [-0.2, 0) is 6.42 Å². The second-order valence-electron chi connectivity index (χ2n) is 6.64. The van der Waals surface area contributed by atoms with Crippen molar-refractivity contribution in [1.82, 2.24) is 14.8 Å². The summed E-state index contributed by atoms with van der Waals surface area (Å²) in [4.78, 5) is 39.2. The summed E-state index contributed by atoms with van der Waals surface area (Å²) in [6, 6.07) is 11.2. The number of halogens is 1. The smallest absolute Gasteiger partial charge is 0.284 e. The Labute approximate surface area is 162 Å². The number of hydrogen-bond donors (Lipinski definition) is 2. The summed E-state index contributed by atoms with van der Waals surface area (Å²) in [5.74, 6) is -0.435. The summed E-state index contributed by atoms with van der Waals surface area (Å²) in [5, 5.41) is 13.6. The Morgan fingerprint density at radius 1 is 1.07 bits per heavy atom. The summed E-state index contributed by atoms with van der Waals surface area (Å²) in [5.41, 5.74) is 1.35. The Kier molecular flexibility index (Phi) is 4.34. The maximum Gasteiger partial charge on any atom is 0.284 e. The first-order valence-corrected chi connectivity index (χ1v) is 8.71. The van der Waals surface area contributed by atoms with Crippen LogP contribution in [0.4, 0.5) is 10.1 Å². The van der Waals surface area contributed by atoms with Crippen LogP contribution in [-0.4, -0.2) is 19.7 Å². The van der Waals surface area contributed by atoms with E-state index in [0.29, 0.717) is 22.5 Å². The molecule has 29 heavy (non-hydrogen) atoms. The van der Waals surface area contributed by atoms with Crippen LogP contribution in [0.2, 0.25) is 0 Å². The van der Waals surface area contributed by atoms with E-state index in [1.807, 2.05) is 0 Å². The molecule has 0 amide bonds. The van der Waals surface area contributed by atoms with Crippen molar-refractivity contribution in [2.24, 2.45) is 0 Å². The topological polar surface area (TPSA) is 114 Å². The molecule has 146 valence electrons. The monoisotopic (exact) mass is 394 g/mol. The Hall–Kier alpha value is -4.01. The van der Waals surface area contributed by atoms with E-state index in [1.165, 1.54) is 41.1 Å². The lowest BCUT2D eigenvalue weighted by Crippen LogP contribution is -2.21. The fourth-order valence-corrected chi connectivity index (χ4v) is 3.25. The molecule has 0 unspecified atom stereocenters. The van der Waals surface area contributed by atoms with Crippen molar-refractivity contribution in [3.05, 3.63) is 102 Å². The highest BCUT2D eigenvalue weighted by molar-refractivity contribution is 5.75. The molecule has 0 fully saturated rings. The zero-order valence-corrected chi connectivity index (χ0v) is 15.2. The number of hydrogen-bond acceptors (Lipinski definition) is 4. The quantitative estimate of drug-likeness (QED) is 0.409. The van der Waals surface area contributed by atoms with Gasteiger partial charge in [-0.2, -0.15) is 0 Å². The molecule has 4 aromatic rings. The van der Waals surface area contributed by atoms with Crippen LogP contribution in [0.25, 0.3) is 16.7 Å². The fourth-order valence-electron chi connectivity index (χ4n) is 3.25. The van der Waals surface area contributed by atoms with Gasteiger partial charge in [0.15, 0.2) is 5.43 Å². The third-order valence-electron chi connectivity index (χ3n) is 4.77. The third-order valence-corrected chi connectivity index (χ3v) is 4.77. The molecule has 0 atom stereocenters. The Morgan fingerprint density at radius 2 is 1.72 bits per heavy atom. The van der Waals surface area contributed by atoms with Gasteiger partial charge in [-0.05, 0) is 36.8 Å². The molecule has 2 aromatic heterocycles. The van der Waals surface area contributed by atoms with Gasteiger partial charge in [0.25, 0.3) is 11.2 Å². The van der Waals surface area contributed by atoms with E-state index in [9.17, 15) is 24.1 Å². The van der Waals surface area contributed by atoms with Crippen molar-refractivity contribution in [1.29, 1.82) is 0 Å². The lowest BCUT2D eigenvalue weighted by atomic mass is 10.0. The SMILES string of the molecule is Cc1[nH]c2[nH]n(-c3ccc(F)cc3)c(=O)c2c(=O)c1Cc1ccc([N+](=O)[O-])cc1. The first-order chi connectivity index (χ1) is 13.8. The largest absolute Gasteiger partial charge is 0.343 e. The van der Waals surface area contributed by atoms with Crippen molar-refractivity contribution in [2.45, 2.75) is 13.3 Å². The number of nitrogens with one attached hydrogen (secondary N) is 2. The molecule has 8 nitrogen and oxygen atoms in total. The van der Waals surface area contributed by atoms with Gasteiger partial charge in [0.1, 0.15) is 16.9 Å². The Balaban J connectivity index is 1.81. The number of aromatic nitrogens is 3. The molecule has 2 heterocycles. The van der Waals surface area contributed by atoms with Gasteiger partial charge in [0, 0.05) is 29.8 Å². The second kappa shape index (κ2) is 6.86. The minimum Gasteiger partial charge on any atom is -0.343 e. The molecule has 2 N–H and O–H groups in total. The average molecular weight is 394 g/mol. The van der Waals surface area contributed by atoms with E-state index in [4.69, 9.17) is 0 Å². The first-order valence-electron chi connectivity index (χ1n) is 8.71. The van der Waals surface area contributed by atoms with Crippen molar-refractivity contribution < 1.29 is 9.31 Å². The highest BCUT2D eigenvalue weighted by Gasteiger charge is 2.17. The van der Waals surface area contributed by atoms with Gasteiger partial charge in [-0.3, -0.25) is 24.8 Å². The maximum atomic E-state index is 13.2. The van der Waals surface area contributed by atoms with Crippen LogP contribution < -0.4 is 11.0 Å². The Bertz CT molecular complexity index is 1350. The number of H-pyrrole nitrogens is 2. The number of rotatable bonds is 4. The average Bonchev–Trinajstić information content (AvgIpc) is 3.02. The van der Waals surface area contributed by atoms with Crippen molar-refractivity contribution in [3.8, 4) is 5.69 Å². The second-order valence-corrected chi connectivity index (χ2v) is 6.64. The van der Waals surface area contributed by atoms with Crippen LogP contribution in [0.1, 0.15) is 16.8 Å². The van der Waals surface area contributed by atoms with E-state index in [1.54, 1.807) is 19.1 Å². The van der Waals surface area contributed by atoms with E-state index < -0.39 is 21.7 Å². The third kappa shape index (κ3) is 3.22. The van der Waals surface area contributed by atoms with Crippen LogP contribution in [0.5, 0.6) is 0 Å². The lowest BCUT2D eigenvalue weighted by molar-refractivity contribution is -0.384. The van der Waals surface area contributed by atoms with Crippen molar-refractivity contribution in [2.75, 3.05) is 0 Å². The summed E-state index contributed by atoms with van der Waals surface area (Å²) in [6.45, 7) is 1.72. The minimum atomic E-state index is -0.544. The minimum absolute atomic E-state index is 0.0307. The van der Waals surface area contributed by atoms with E-state index in [2.05, 4.69) is 10.1 Å². The maximum absolute atomic E-state index is 13.2.